The monoisotopic (exact) mass is 341 g/mol. The molecule has 0 spiro atoms. The predicted molar refractivity (Wildman–Crippen MR) is 97.8 cm³/mol. The van der Waals surface area contributed by atoms with Crippen LogP contribution >= 0.6 is 0 Å². The third-order valence-electron chi connectivity index (χ3n) is 4.66. The van der Waals surface area contributed by atoms with E-state index in [4.69, 9.17) is 0 Å². The quantitative estimate of drug-likeness (QED) is 0.798. The van der Waals surface area contributed by atoms with Crippen LogP contribution in [-0.2, 0) is 11.3 Å². The molecule has 1 heterocycles. The van der Waals surface area contributed by atoms with E-state index in [0.29, 0.717) is 36.0 Å². The van der Waals surface area contributed by atoms with Gasteiger partial charge in [0.2, 0.25) is 5.91 Å². The number of pyridine rings is 1. The summed E-state index contributed by atoms with van der Waals surface area (Å²) in [6, 6.07) is 10.3. The SMILES string of the molecule is O=C(CC1CCCCC1)Nc1ccc(NCc2ccccc2F)nc1. The molecule has 4 nitrogen and oxygen atoms in total. The number of halogens is 1. The second-order valence-electron chi connectivity index (χ2n) is 6.63. The minimum atomic E-state index is -0.235. The van der Waals surface area contributed by atoms with Crippen LogP contribution in [0.25, 0.3) is 0 Å². The van der Waals surface area contributed by atoms with Crippen LogP contribution in [0.4, 0.5) is 15.9 Å². The summed E-state index contributed by atoms with van der Waals surface area (Å²) in [4.78, 5) is 16.4. The Morgan fingerprint density at radius 1 is 1.12 bits per heavy atom. The van der Waals surface area contributed by atoms with Crippen LogP contribution in [-0.4, -0.2) is 10.9 Å². The van der Waals surface area contributed by atoms with E-state index in [1.807, 2.05) is 6.07 Å². The number of carbonyl (C=O) groups excluding carboxylic acids is 1. The third kappa shape index (κ3) is 5.28. The molecule has 3 rings (SSSR count). The molecule has 2 aromatic rings. The van der Waals surface area contributed by atoms with Crippen LogP contribution in [0.15, 0.2) is 42.6 Å². The van der Waals surface area contributed by atoms with Crippen LogP contribution < -0.4 is 10.6 Å². The van der Waals surface area contributed by atoms with E-state index in [9.17, 15) is 9.18 Å². The molecular weight excluding hydrogens is 317 g/mol. The lowest BCUT2D eigenvalue weighted by atomic mass is 9.87. The van der Waals surface area contributed by atoms with Crippen molar-refractivity contribution in [2.75, 3.05) is 10.6 Å². The Kier molecular flexibility index (Phi) is 5.99. The van der Waals surface area contributed by atoms with Crippen LogP contribution in [0.1, 0.15) is 44.1 Å². The van der Waals surface area contributed by atoms with E-state index >= 15 is 0 Å². The van der Waals surface area contributed by atoms with Gasteiger partial charge in [0.05, 0.1) is 11.9 Å². The van der Waals surface area contributed by atoms with Gasteiger partial charge in [-0.15, -0.1) is 0 Å². The minimum absolute atomic E-state index is 0.0563. The highest BCUT2D eigenvalue weighted by molar-refractivity contribution is 5.90. The molecule has 5 heteroatoms. The average molecular weight is 341 g/mol. The summed E-state index contributed by atoms with van der Waals surface area (Å²) in [5.41, 5.74) is 1.28. The van der Waals surface area contributed by atoms with Gasteiger partial charge in [0, 0.05) is 18.5 Å². The standard InChI is InChI=1S/C20H24FN3O/c21-18-9-5-4-8-16(18)13-22-19-11-10-17(14-23-19)24-20(25)12-15-6-2-1-3-7-15/h4-5,8-11,14-15H,1-3,6-7,12-13H2,(H,22,23)(H,24,25). The zero-order valence-corrected chi connectivity index (χ0v) is 14.3. The largest absolute Gasteiger partial charge is 0.366 e. The summed E-state index contributed by atoms with van der Waals surface area (Å²) < 4.78 is 13.6. The smallest absolute Gasteiger partial charge is 0.224 e. The van der Waals surface area contributed by atoms with Crippen LogP contribution in [0.5, 0.6) is 0 Å². The van der Waals surface area contributed by atoms with E-state index < -0.39 is 0 Å². The van der Waals surface area contributed by atoms with Gasteiger partial charge in [-0.2, -0.15) is 0 Å². The molecule has 1 aliphatic carbocycles. The molecule has 1 fully saturated rings. The number of amides is 1. The molecule has 0 bridgehead atoms. The first-order chi connectivity index (χ1) is 12.2. The fraction of sp³-hybridized carbons (Fsp3) is 0.400. The molecule has 1 aromatic heterocycles. The normalized spacial score (nSPS) is 14.9. The van der Waals surface area contributed by atoms with E-state index in [1.165, 1.54) is 25.3 Å². The number of carbonyl (C=O) groups is 1. The van der Waals surface area contributed by atoms with Gasteiger partial charge in [-0.1, -0.05) is 37.5 Å². The summed E-state index contributed by atoms with van der Waals surface area (Å²) in [5.74, 6) is 0.985. The third-order valence-corrected chi connectivity index (χ3v) is 4.66. The van der Waals surface area contributed by atoms with Gasteiger partial charge in [-0.3, -0.25) is 4.79 Å². The van der Waals surface area contributed by atoms with Gasteiger partial charge in [0.25, 0.3) is 0 Å². The first-order valence-corrected chi connectivity index (χ1v) is 8.94. The van der Waals surface area contributed by atoms with E-state index in [0.717, 1.165) is 12.8 Å². The highest BCUT2D eigenvalue weighted by Gasteiger charge is 2.17. The number of nitrogens with one attached hydrogen (secondary N) is 2. The molecule has 1 amide bonds. The number of anilines is 2. The number of aromatic nitrogens is 1. The number of nitrogens with zero attached hydrogens (tertiary/aromatic N) is 1. The lowest BCUT2D eigenvalue weighted by Gasteiger charge is -2.20. The van der Waals surface area contributed by atoms with Gasteiger partial charge < -0.3 is 10.6 Å². The van der Waals surface area contributed by atoms with Crippen molar-refractivity contribution in [2.24, 2.45) is 5.92 Å². The second-order valence-corrected chi connectivity index (χ2v) is 6.63. The number of hydrogen-bond acceptors (Lipinski definition) is 3. The Labute approximate surface area is 147 Å². The van der Waals surface area contributed by atoms with E-state index in [1.54, 1.807) is 30.5 Å². The van der Waals surface area contributed by atoms with Gasteiger partial charge in [-0.25, -0.2) is 9.37 Å². The molecule has 1 aliphatic rings. The van der Waals surface area contributed by atoms with Crippen LogP contribution in [0, 0.1) is 11.7 Å². The summed E-state index contributed by atoms with van der Waals surface area (Å²) >= 11 is 0. The first kappa shape index (κ1) is 17.4. The molecule has 2 N–H and O–H groups in total. The molecule has 1 saturated carbocycles. The molecule has 132 valence electrons. The van der Waals surface area contributed by atoms with Crippen molar-refractivity contribution in [2.45, 2.75) is 45.1 Å². The maximum atomic E-state index is 13.6. The predicted octanol–water partition coefficient (Wildman–Crippen LogP) is 4.74. The van der Waals surface area contributed by atoms with Gasteiger partial charge >= 0.3 is 0 Å². The second kappa shape index (κ2) is 8.60. The molecule has 25 heavy (non-hydrogen) atoms. The van der Waals surface area contributed by atoms with E-state index in [2.05, 4.69) is 15.6 Å². The molecular formula is C20H24FN3O. The molecule has 0 unspecified atom stereocenters. The summed E-state index contributed by atoms with van der Waals surface area (Å²) in [6.07, 6.45) is 8.30. The lowest BCUT2D eigenvalue weighted by molar-refractivity contribution is -0.117. The Balaban J connectivity index is 1.48. The highest BCUT2D eigenvalue weighted by atomic mass is 19.1. The van der Waals surface area contributed by atoms with Crippen molar-refractivity contribution in [1.82, 2.24) is 4.98 Å². The van der Waals surface area contributed by atoms with Crippen LogP contribution in [0.3, 0.4) is 0 Å². The lowest BCUT2D eigenvalue weighted by Crippen LogP contribution is -2.18. The Hall–Kier alpha value is -2.43. The highest BCUT2D eigenvalue weighted by Crippen LogP contribution is 2.26. The van der Waals surface area contributed by atoms with Crippen molar-refractivity contribution in [3.8, 4) is 0 Å². The zero-order valence-electron chi connectivity index (χ0n) is 14.3. The summed E-state index contributed by atoms with van der Waals surface area (Å²) in [5, 5.41) is 5.99. The van der Waals surface area contributed by atoms with Gasteiger partial charge in [-0.05, 0) is 37.0 Å². The first-order valence-electron chi connectivity index (χ1n) is 8.94. The number of hydrogen-bond donors (Lipinski definition) is 2. The topological polar surface area (TPSA) is 54.0 Å². The maximum absolute atomic E-state index is 13.6. The molecule has 0 saturated heterocycles. The Morgan fingerprint density at radius 3 is 2.64 bits per heavy atom. The Bertz CT molecular complexity index is 696. The summed E-state index contributed by atoms with van der Waals surface area (Å²) in [7, 11) is 0. The fourth-order valence-corrected chi connectivity index (χ4v) is 3.27. The van der Waals surface area contributed by atoms with Crippen molar-refractivity contribution in [1.29, 1.82) is 0 Å². The van der Waals surface area contributed by atoms with Crippen molar-refractivity contribution in [3.05, 3.63) is 54.0 Å². The summed E-state index contributed by atoms with van der Waals surface area (Å²) in [6.45, 7) is 0.368. The zero-order chi connectivity index (χ0) is 17.5. The number of rotatable bonds is 6. The molecule has 0 atom stereocenters. The Morgan fingerprint density at radius 2 is 1.92 bits per heavy atom. The van der Waals surface area contributed by atoms with Crippen molar-refractivity contribution in [3.63, 3.8) is 0 Å². The molecule has 0 radical (unpaired) electrons. The molecule has 0 aliphatic heterocycles. The van der Waals surface area contributed by atoms with Gasteiger partial charge in [0.1, 0.15) is 11.6 Å². The van der Waals surface area contributed by atoms with E-state index in [-0.39, 0.29) is 11.7 Å². The average Bonchev–Trinajstić information content (AvgIpc) is 2.63. The van der Waals surface area contributed by atoms with Crippen molar-refractivity contribution >= 4 is 17.4 Å². The van der Waals surface area contributed by atoms with Crippen LogP contribution in [0.2, 0.25) is 0 Å². The van der Waals surface area contributed by atoms with Gasteiger partial charge in [0.15, 0.2) is 0 Å². The fourth-order valence-electron chi connectivity index (χ4n) is 3.27. The molecule has 1 aromatic carbocycles. The van der Waals surface area contributed by atoms with Crippen molar-refractivity contribution < 1.29 is 9.18 Å². The minimum Gasteiger partial charge on any atom is -0.366 e. The number of benzene rings is 1. The maximum Gasteiger partial charge on any atom is 0.224 e.